The maximum Gasteiger partial charge on any atom is 0.262 e. The van der Waals surface area contributed by atoms with E-state index in [1.165, 1.54) is 0 Å². The highest BCUT2D eigenvalue weighted by atomic mass is 16.2. The number of fused-ring (bicyclic) bond motifs is 1. The SMILES string of the molecule is CC1CN(c2ccc3c(c2)C(=O)N(C2CCC(=O)NC2=O)C3=O)CC1CN. The molecule has 0 radical (unpaired) electrons. The summed E-state index contributed by atoms with van der Waals surface area (Å²) >= 11 is 0. The van der Waals surface area contributed by atoms with E-state index in [0.717, 1.165) is 23.7 Å². The average Bonchev–Trinajstić information content (AvgIpc) is 3.14. The number of imide groups is 2. The van der Waals surface area contributed by atoms with Crippen molar-refractivity contribution in [2.24, 2.45) is 17.6 Å². The predicted molar refractivity (Wildman–Crippen MR) is 97.0 cm³/mol. The monoisotopic (exact) mass is 370 g/mol. The first-order chi connectivity index (χ1) is 12.9. The molecule has 0 bridgehead atoms. The Hall–Kier alpha value is -2.74. The van der Waals surface area contributed by atoms with E-state index >= 15 is 0 Å². The molecule has 1 aromatic carbocycles. The molecule has 27 heavy (non-hydrogen) atoms. The Bertz CT molecular complexity index is 852. The summed E-state index contributed by atoms with van der Waals surface area (Å²) in [5, 5.41) is 2.20. The smallest absolute Gasteiger partial charge is 0.262 e. The van der Waals surface area contributed by atoms with Crippen molar-refractivity contribution in [2.75, 3.05) is 24.5 Å². The Morgan fingerprint density at radius 2 is 1.85 bits per heavy atom. The molecule has 2 saturated heterocycles. The molecule has 3 atom stereocenters. The van der Waals surface area contributed by atoms with Crippen LogP contribution in [0, 0.1) is 11.8 Å². The second-order valence-electron chi connectivity index (χ2n) is 7.56. The molecule has 3 aliphatic heterocycles. The Morgan fingerprint density at radius 3 is 2.52 bits per heavy atom. The van der Waals surface area contributed by atoms with Gasteiger partial charge in [-0.2, -0.15) is 0 Å². The van der Waals surface area contributed by atoms with Crippen molar-refractivity contribution in [2.45, 2.75) is 25.8 Å². The molecule has 3 N–H and O–H groups in total. The fraction of sp³-hybridized carbons (Fsp3) is 0.474. The van der Waals surface area contributed by atoms with Crippen molar-refractivity contribution in [3.63, 3.8) is 0 Å². The molecule has 2 fully saturated rings. The number of piperidine rings is 1. The van der Waals surface area contributed by atoms with Gasteiger partial charge in [0.1, 0.15) is 6.04 Å². The van der Waals surface area contributed by atoms with Crippen molar-refractivity contribution in [1.82, 2.24) is 10.2 Å². The molecular weight excluding hydrogens is 348 g/mol. The zero-order valence-electron chi connectivity index (χ0n) is 15.1. The van der Waals surface area contributed by atoms with Crippen LogP contribution in [0.5, 0.6) is 0 Å². The Morgan fingerprint density at radius 1 is 1.11 bits per heavy atom. The van der Waals surface area contributed by atoms with Gasteiger partial charge in [-0.15, -0.1) is 0 Å². The topological polar surface area (TPSA) is 113 Å². The highest BCUT2D eigenvalue weighted by molar-refractivity contribution is 6.23. The molecule has 0 saturated carbocycles. The Labute approximate surface area is 156 Å². The first-order valence-electron chi connectivity index (χ1n) is 9.21. The minimum absolute atomic E-state index is 0.112. The van der Waals surface area contributed by atoms with Crippen LogP contribution in [0.4, 0.5) is 5.69 Å². The van der Waals surface area contributed by atoms with Crippen molar-refractivity contribution in [3.8, 4) is 0 Å². The van der Waals surface area contributed by atoms with E-state index in [4.69, 9.17) is 5.73 Å². The fourth-order valence-corrected chi connectivity index (χ4v) is 4.21. The number of nitrogens with one attached hydrogen (secondary N) is 1. The molecule has 3 heterocycles. The second-order valence-corrected chi connectivity index (χ2v) is 7.56. The lowest BCUT2D eigenvalue weighted by Crippen LogP contribution is -2.54. The van der Waals surface area contributed by atoms with E-state index in [2.05, 4.69) is 17.1 Å². The van der Waals surface area contributed by atoms with E-state index in [1.807, 2.05) is 6.07 Å². The lowest BCUT2D eigenvalue weighted by atomic mass is 9.99. The molecule has 1 aromatic rings. The van der Waals surface area contributed by atoms with Gasteiger partial charge in [-0.25, -0.2) is 0 Å². The molecule has 4 amide bonds. The molecule has 142 valence electrons. The quantitative estimate of drug-likeness (QED) is 0.731. The number of carbonyl (C=O) groups is 4. The third kappa shape index (κ3) is 2.80. The third-order valence-corrected chi connectivity index (χ3v) is 5.86. The minimum atomic E-state index is -0.938. The van der Waals surface area contributed by atoms with Crippen LogP contribution in [0.2, 0.25) is 0 Å². The average molecular weight is 370 g/mol. The van der Waals surface area contributed by atoms with Gasteiger partial charge >= 0.3 is 0 Å². The predicted octanol–water partition coefficient (Wildman–Crippen LogP) is 0.119. The summed E-state index contributed by atoms with van der Waals surface area (Å²) < 4.78 is 0. The first kappa shape index (κ1) is 17.7. The fourth-order valence-electron chi connectivity index (χ4n) is 4.21. The molecule has 8 heteroatoms. The number of nitrogens with zero attached hydrogens (tertiary/aromatic N) is 2. The van der Waals surface area contributed by atoms with Gasteiger partial charge < -0.3 is 10.6 Å². The van der Waals surface area contributed by atoms with E-state index in [-0.39, 0.29) is 18.7 Å². The summed E-state index contributed by atoms with van der Waals surface area (Å²) in [6, 6.07) is 4.28. The summed E-state index contributed by atoms with van der Waals surface area (Å²) in [7, 11) is 0. The van der Waals surface area contributed by atoms with Crippen LogP contribution < -0.4 is 16.0 Å². The lowest BCUT2D eigenvalue weighted by Gasteiger charge is -2.27. The maximum atomic E-state index is 12.9. The molecule has 0 aliphatic carbocycles. The first-order valence-corrected chi connectivity index (χ1v) is 9.21. The zero-order chi connectivity index (χ0) is 19.3. The van der Waals surface area contributed by atoms with Crippen molar-refractivity contribution in [3.05, 3.63) is 29.3 Å². The molecule has 8 nitrogen and oxygen atoms in total. The number of carbonyl (C=O) groups excluding carboxylic acids is 4. The number of anilines is 1. The largest absolute Gasteiger partial charge is 0.371 e. The van der Waals surface area contributed by atoms with Gasteiger partial charge in [-0.1, -0.05) is 6.92 Å². The molecule has 0 spiro atoms. The second kappa shape index (κ2) is 6.45. The summed E-state index contributed by atoms with van der Waals surface area (Å²) in [6.45, 7) is 4.43. The third-order valence-electron chi connectivity index (χ3n) is 5.86. The molecule has 3 aliphatic rings. The van der Waals surface area contributed by atoms with Crippen LogP contribution in [-0.2, 0) is 9.59 Å². The van der Waals surface area contributed by atoms with Crippen LogP contribution >= 0.6 is 0 Å². The van der Waals surface area contributed by atoms with Gasteiger partial charge in [-0.05, 0) is 43.0 Å². The van der Waals surface area contributed by atoms with Gasteiger partial charge in [0.15, 0.2) is 0 Å². The Balaban J connectivity index is 1.61. The van der Waals surface area contributed by atoms with Crippen molar-refractivity contribution in [1.29, 1.82) is 0 Å². The van der Waals surface area contributed by atoms with Crippen LogP contribution in [0.3, 0.4) is 0 Å². The molecular formula is C19H22N4O4. The van der Waals surface area contributed by atoms with Gasteiger partial charge in [0, 0.05) is 25.2 Å². The van der Waals surface area contributed by atoms with Crippen LogP contribution in [0.25, 0.3) is 0 Å². The van der Waals surface area contributed by atoms with Gasteiger partial charge in [0.25, 0.3) is 11.8 Å². The summed E-state index contributed by atoms with van der Waals surface area (Å²) in [4.78, 5) is 52.2. The van der Waals surface area contributed by atoms with Crippen LogP contribution in [-0.4, -0.2) is 54.2 Å². The van der Waals surface area contributed by atoms with Gasteiger partial charge in [0.05, 0.1) is 11.1 Å². The highest BCUT2D eigenvalue weighted by Crippen LogP contribution is 2.33. The summed E-state index contributed by atoms with van der Waals surface area (Å²) in [6.07, 6.45) is 0.270. The van der Waals surface area contributed by atoms with E-state index in [1.54, 1.807) is 12.1 Å². The number of hydrogen-bond donors (Lipinski definition) is 2. The van der Waals surface area contributed by atoms with E-state index in [0.29, 0.717) is 29.5 Å². The normalized spacial score (nSPS) is 28.0. The standard InChI is InChI=1S/C19H22N4O4/c1-10-8-22(9-11(10)7-20)12-2-3-13-14(6-12)19(27)23(18(13)26)15-4-5-16(24)21-17(15)25/h2-3,6,10-11,15H,4-5,7-9,20H2,1H3,(H,21,24,25). The van der Waals surface area contributed by atoms with E-state index < -0.39 is 23.8 Å². The molecule has 4 rings (SSSR count). The van der Waals surface area contributed by atoms with Gasteiger partial charge in [0.2, 0.25) is 11.8 Å². The van der Waals surface area contributed by atoms with Gasteiger partial charge in [-0.3, -0.25) is 29.4 Å². The number of amides is 4. The zero-order valence-corrected chi connectivity index (χ0v) is 15.1. The Kier molecular flexibility index (Phi) is 4.22. The number of hydrogen-bond acceptors (Lipinski definition) is 6. The minimum Gasteiger partial charge on any atom is -0.371 e. The number of rotatable bonds is 3. The summed E-state index contributed by atoms with van der Waals surface area (Å²) in [5.74, 6) is -1.08. The summed E-state index contributed by atoms with van der Waals surface area (Å²) in [5.41, 5.74) is 7.32. The lowest BCUT2D eigenvalue weighted by molar-refractivity contribution is -0.136. The molecule has 0 aromatic heterocycles. The van der Waals surface area contributed by atoms with Crippen LogP contribution in [0.1, 0.15) is 40.5 Å². The highest BCUT2D eigenvalue weighted by Gasteiger charge is 2.45. The van der Waals surface area contributed by atoms with Crippen molar-refractivity contribution >= 4 is 29.3 Å². The number of nitrogens with two attached hydrogens (primary N) is 1. The van der Waals surface area contributed by atoms with E-state index in [9.17, 15) is 19.2 Å². The van der Waals surface area contributed by atoms with Crippen LogP contribution in [0.15, 0.2) is 18.2 Å². The molecule has 3 unspecified atom stereocenters. The van der Waals surface area contributed by atoms with Crippen molar-refractivity contribution < 1.29 is 19.2 Å². The maximum absolute atomic E-state index is 12.9. The number of benzene rings is 1.